The summed E-state index contributed by atoms with van der Waals surface area (Å²) in [6.07, 6.45) is 3.19. The topological polar surface area (TPSA) is 80.6 Å². The molecule has 142 valence electrons. The van der Waals surface area contributed by atoms with Crippen molar-refractivity contribution in [1.29, 1.82) is 0 Å². The van der Waals surface area contributed by atoms with Crippen molar-refractivity contribution < 1.29 is 17.9 Å². The molecule has 0 atom stereocenters. The van der Waals surface area contributed by atoms with Gasteiger partial charge >= 0.3 is 5.97 Å². The van der Waals surface area contributed by atoms with Gasteiger partial charge < -0.3 is 14.2 Å². The number of rotatable bonds is 7. The zero-order valence-corrected chi connectivity index (χ0v) is 16.4. The molecule has 0 spiro atoms. The Morgan fingerprint density at radius 1 is 1.36 bits per heavy atom. The van der Waals surface area contributed by atoms with Crippen molar-refractivity contribution in [2.45, 2.75) is 38.0 Å². The van der Waals surface area contributed by atoms with Crippen LogP contribution in [0.4, 0.5) is 0 Å². The van der Waals surface area contributed by atoms with E-state index in [2.05, 4.69) is 16.5 Å². The highest BCUT2D eigenvalue weighted by atomic mass is 32.2. The van der Waals surface area contributed by atoms with Crippen LogP contribution in [-0.4, -0.2) is 57.1 Å². The second kappa shape index (κ2) is 8.33. The number of sulfonamides is 1. The summed E-state index contributed by atoms with van der Waals surface area (Å²) in [7, 11) is -0.716. The standard InChI is InChI=1S/C17H29N3O4S/c1-13-6-10-20(11-7-13)9-5-8-18-25(22,23)16-12-15(17(21)24-4)19(3)14(16)2/h12-13,18H,5-11H2,1-4H3. The minimum Gasteiger partial charge on any atom is -0.464 e. The summed E-state index contributed by atoms with van der Waals surface area (Å²) in [5.41, 5.74) is 0.737. The lowest BCUT2D eigenvalue weighted by Crippen LogP contribution is -2.35. The lowest BCUT2D eigenvalue weighted by atomic mass is 9.99. The van der Waals surface area contributed by atoms with E-state index in [9.17, 15) is 13.2 Å². The first-order valence-corrected chi connectivity index (χ1v) is 10.2. The maximum Gasteiger partial charge on any atom is 0.354 e. The van der Waals surface area contributed by atoms with E-state index in [1.807, 2.05) is 0 Å². The van der Waals surface area contributed by atoms with Crippen molar-refractivity contribution in [2.75, 3.05) is 33.3 Å². The number of nitrogens with one attached hydrogen (secondary N) is 1. The third kappa shape index (κ3) is 4.83. The maximum absolute atomic E-state index is 12.5. The van der Waals surface area contributed by atoms with E-state index in [1.54, 1.807) is 14.0 Å². The van der Waals surface area contributed by atoms with Gasteiger partial charge in [-0.2, -0.15) is 0 Å². The zero-order chi connectivity index (χ0) is 18.6. The molecule has 7 nitrogen and oxygen atoms in total. The van der Waals surface area contributed by atoms with Crippen LogP contribution in [0.25, 0.3) is 0 Å². The number of ether oxygens (including phenoxy) is 1. The molecule has 0 saturated carbocycles. The Labute approximate surface area is 150 Å². The summed E-state index contributed by atoms with van der Waals surface area (Å²) in [4.78, 5) is 14.2. The van der Waals surface area contributed by atoms with Crippen LogP contribution in [0.5, 0.6) is 0 Å². The summed E-state index contributed by atoms with van der Waals surface area (Å²) >= 11 is 0. The van der Waals surface area contributed by atoms with Crippen molar-refractivity contribution in [2.24, 2.45) is 13.0 Å². The molecule has 25 heavy (non-hydrogen) atoms. The Morgan fingerprint density at radius 2 is 2.00 bits per heavy atom. The van der Waals surface area contributed by atoms with Gasteiger partial charge in [0.05, 0.1) is 7.11 Å². The fourth-order valence-corrected chi connectivity index (χ4v) is 4.48. The summed E-state index contributed by atoms with van der Waals surface area (Å²) in [6.45, 7) is 7.42. The third-order valence-corrected chi connectivity index (χ3v) is 6.57. The van der Waals surface area contributed by atoms with Crippen molar-refractivity contribution in [3.8, 4) is 0 Å². The minimum atomic E-state index is -3.64. The molecule has 0 bridgehead atoms. The molecule has 2 heterocycles. The van der Waals surface area contributed by atoms with Gasteiger partial charge in [0.2, 0.25) is 10.0 Å². The first-order chi connectivity index (χ1) is 11.8. The second-order valence-electron chi connectivity index (χ2n) is 6.81. The van der Waals surface area contributed by atoms with E-state index >= 15 is 0 Å². The minimum absolute atomic E-state index is 0.127. The van der Waals surface area contributed by atoms with Crippen LogP contribution in [0.2, 0.25) is 0 Å². The van der Waals surface area contributed by atoms with Gasteiger partial charge in [0.25, 0.3) is 0 Å². The molecule has 1 N–H and O–H groups in total. The Balaban J connectivity index is 1.92. The Kier molecular flexibility index (Phi) is 6.65. The first kappa shape index (κ1) is 19.9. The number of likely N-dealkylation sites (tertiary alicyclic amines) is 1. The molecule has 2 rings (SSSR count). The van der Waals surface area contributed by atoms with Crippen LogP contribution < -0.4 is 4.72 Å². The quantitative estimate of drug-likeness (QED) is 0.581. The Morgan fingerprint density at radius 3 is 2.60 bits per heavy atom. The molecule has 8 heteroatoms. The molecule has 1 fully saturated rings. The lowest BCUT2D eigenvalue weighted by molar-refractivity contribution is 0.0589. The van der Waals surface area contributed by atoms with Gasteiger partial charge in [0.15, 0.2) is 0 Å². The molecule has 1 aliphatic rings. The van der Waals surface area contributed by atoms with Crippen molar-refractivity contribution in [3.05, 3.63) is 17.5 Å². The number of methoxy groups -OCH3 is 1. The van der Waals surface area contributed by atoms with E-state index in [-0.39, 0.29) is 10.6 Å². The second-order valence-corrected chi connectivity index (χ2v) is 8.54. The van der Waals surface area contributed by atoms with Crippen molar-refractivity contribution >= 4 is 16.0 Å². The van der Waals surface area contributed by atoms with Gasteiger partial charge in [-0.05, 0) is 57.8 Å². The number of hydrogen-bond acceptors (Lipinski definition) is 5. The number of aromatic nitrogens is 1. The highest BCUT2D eigenvalue weighted by Gasteiger charge is 2.24. The van der Waals surface area contributed by atoms with Crippen molar-refractivity contribution in [1.82, 2.24) is 14.2 Å². The smallest absolute Gasteiger partial charge is 0.354 e. The van der Waals surface area contributed by atoms with Gasteiger partial charge in [-0.3, -0.25) is 0 Å². The summed E-state index contributed by atoms with van der Waals surface area (Å²) in [6, 6.07) is 1.37. The number of carbonyl (C=O) groups is 1. The largest absolute Gasteiger partial charge is 0.464 e. The van der Waals surface area contributed by atoms with Crippen LogP contribution in [-0.2, 0) is 21.8 Å². The molecule has 0 radical (unpaired) electrons. The first-order valence-electron chi connectivity index (χ1n) is 8.73. The summed E-state index contributed by atoms with van der Waals surface area (Å²) in [5.74, 6) is 0.242. The van der Waals surface area contributed by atoms with Gasteiger partial charge in [-0.25, -0.2) is 17.9 Å². The Bertz CT molecular complexity index is 704. The third-order valence-electron chi connectivity index (χ3n) is 4.99. The number of piperidine rings is 1. The van der Waals surface area contributed by atoms with Crippen LogP contribution >= 0.6 is 0 Å². The number of hydrogen-bond donors (Lipinski definition) is 1. The predicted octanol–water partition coefficient (Wildman–Crippen LogP) is 1.52. The molecule has 0 unspecified atom stereocenters. The highest BCUT2D eigenvalue weighted by molar-refractivity contribution is 7.89. The van der Waals surface area contributed by atoms with Gasteiger partial charge in [0, 0.05) is 19.3 Å². The van der Waals surface area contributed by atoms with Crippen molar-refractivity contribution in [3.63, 3.8) is 0 Å². The van der Waals surface area contributed by atoms with Gasteiger partial charge in [-0.1, -0.05) is 6.92 Å². The molecule has 0 aromatic carbocycles. The van der Waals surface area contributed by atoms with E-state index in [4.69, 9.17) is 4.74 Å². The molecule has 0 aliphatic carbocycles. The summed E-state index contributed by atoms with van der Waals surface area (Å²) < 4.78 is 33.9. The SMILES string of the molecule is COC(=O)c1cc(S(=O)(=O)NCCCN2CCC(C)CC2)c(C)n1C. The van der Waals surface area contributed by atoms with Crippen LogP contribution in [0.1, 0.15) is 42.4 Å². The molecule has 1 aliphatic heterocycles. The fraction of sp³-hybridized carbons (Fsp3) is 0.706. The predicted molar refractivity (Wildman–Crippen MR) is 96.1 cm³/mol. The van der Waals surface area contributed by atoms with Gasteiger partial charge in [0.1, 0.15) is 10.6 Å². The molecule has 1 aromatic heterocycles. The molecule has 1 saturated heterocycles. The average molecular weight is 372 g/mol. The molecule has 1 aromatic rings. The van der Waals surface area contributed by atoms with E-state index in [0.29, 0.717) is 12.2 Å². The van der Waals surface area contributed by atoms with Gasteiger partial charge in [-0.15, -0.1) is 0 Å². The lowest BCUT2D eigenvalue weighted by Gasteiger charge is -2.30. The van der Waals surface area contributed by atoms with E-state index < -0.39 is 16.0 Å². The number of esters is 1. The fourth-order valence-electron chi connectivity index (χ4n) is 3.12. The molecular weight excluding hydrogens is 342 g/mol. The van der Waals surface area contributed by atoms with E-state index in [0.717, 1.165) is 32.0 Å². The maximum atomic E-state index is 12.5. The molecule has 0 amide bonds. The van der Waals surface area contributed by atoms with Crippen LogP contribution in [0.15, 0.2) is 11.0 Å². The van der Waals surface area contributed by atoms with E-state index in [1.165, 1.54) is 30.6 Å². The number of nitrogens with zero attached hydrogens (tertiary/aromatic N) is 2. The highest BCUT2D eigenvalue weighted by Crippen LogP contribution is 2.20. The molecular formula is C17H29N3O4S. The van der Waals surface area contributed by atoms with Crippen LogP contribution in [0.3, 0.4) is 0 Å². The average Bonchev–Trinajstić information content (AvgIpc) is 2.89. The Hall–Kier alpha value is -1.38. The summed E-state index contributed by atoms with van der Waals surface area (Å²) in [5, 5.41) is 0. The monoisotopic (exact) mass is 371 g/mol. The normalized spacial score (nSPS) is 17.0. The number of carbonyl (C=O) groups excluding carboxylic acids is 1. The van der Waals surface area contributed by atoms with Crippen LogP contribution in [0, 0.1) is 12.8 Å². The zero-order valence-electron chi connectivity index (χ0n) is 15.5.